The van der Waals surface area contributed by atoms with Crippen LogP contribution in [-0.2, 0) is 9.47 Å². The number of aliphatic hydroxyl groups is 8. The lowest BCUT2D eigenvalue weighted by Gasteiger charge is -2.40. The molecule has 0 unspecified atom stereocenters. The van der Waals surface area contributed by atoms with Gasteiger partial charge in [0.2, 0.25) is 29.8 Å². The summed E-state index contributed by atoms with van der Waals surface area (Å²) in [4.78, 5) is 13.3. The Labute approximate surface area is 246 Å². The number of phenols is 3. The number of fused-ring (bicyclic) bond motifs is 1. The maximum Gasteiger partial charge on any atom is 0.229 e. The Balaban J connectivity index is 1.67. The summed E-state index contributed by atoms with van der Waals surface area (Å²) in [6.07, 6.45) is -18.2. The molecule has 0 bridgehead atoms. The van der Waals surface area contributed by atoms with Gasteiger partial charge in [-0.3, -0.25) is 4.79 Å². The Morgan fingerprint density at radius 2 is 1.16 bits per heavy atom. The van der Waals surface area contributed by atoms with Crippen molar-refractivity contribution in [1.82, 2.24) is 0 Å². The Kier molecular flexibility index (Phi) is 8.87. The summed E-state index contributed by atoms with van der Waals surface area (Å²) in [6, 6.07) is 6.29. The second-order valence-electron chi connectivity index (χ2n) is 10.2. The molecular formula is C27H30O17. The number of ether oxygens (including phenoxy) is 4. The van der Waals surface area contributed by atoms with Gasteiger partial charge in [0.1, 0.15) is 65.7 Å². The van der Waals surface area contributed by atoms with Crippen LogP contribution in [0.15, 0.2) is 39.5 Å². The molecule has 44 heavy (non-hydrogen) atoms. The van der Waals surface area contributed by atoms with E-state index in [2.05, 4.69) is 0 Å². The summed E-state index contributed by atoms with van der Waals surface area (Å²) in [5, 5.41) is 112. The van der Waals surface area contributed by atoms with Crippen LogP contribution >= 0.6 is 0 Å². The monoisotopic (exact) mass is 626 g/mol. The molecule has 240 valence electrons. The molecule has 0 amide bonds. The summed E-state index contributed by atoms with van der Waals surface area (Å²) in [6.45, 7) is -1.67. The van der Waals surface area contributed by atoms with E-state index in [9.17, 15) is 61.0 Å². The van der Waals surface area contributed by atoms with Gasteiger partial charge in [-0.2, -0.15) is 0 Å². The second kappa shape index (κ2) is 12.3. The Morgan fingerprint density at radius 3 is 1.66 bits per heavy atom. The van der Waals surface area contributed by atoms with E-state index in [-0.39, 0.29) is 17.1 Å². The SMILES string of the molecule is O=c1cc(-c2ccc(O)cc2)oc2c(O[C@@H]3O[C@H](CO)[C@@H](O)[C@H](O)[C@H]3O)c(O)c(O[C@@H]3O[C@H](CO)[C@H](O)[C@H](O)[C@@H]3O)c(O)c12. The van der Waals surface area contributed by atoms with Gasteiger partial charge in [-0.25, -0.2) is 0 Å². The lowest BCUT2D eigenvalue weighted by molar-refractivity contribution is -0.279. The average molecular weight is 627 g/mol. The summed E-state index contributed by atoms with van der Waals surface area (Å²) >= 11 is 0. The summed E-state index contributed by atoms with van der Waals surface area (Å²) in [5.41, 5.74) is -1.33. The molecule has 0 aliphatic carbocycles. The quantitative estimate of drug-likeness (QED) is 0.124. The smallest absolute Gasteiger partial charge is 0.229 e. The minimum Gasteiger partial charge on any atom is -0.508 e. The Hall–Kier alpha value is -3.75. The average Bonchev–Trinajstić information content (AvgIpc) is 3.01. The maximum atomic E-state index is 13.3. The van der Waals surface area contributed by atoms with Gasteiger partial charge in [0.25, 0.3) is 0 Å². The summed E-state index contributed by atoms with van der Waals surface area (Å²) in [7, 11) is 0. The van der Waals surface area contributed by atoms with Crippen molar-refractivity contribution >= 4 is 11.0 Å². The van der Waals surface area contributed by atoms with Crippen molar-refractivity contribution in [3.8, 4) is 40.1 Å². The first-order valence-corrected chi connectivity index (χ1v) is 13.2. The van der Waals surface area contributed by atoms with Crippen LogP contribution < -0.4 is 14.9 Å². The number of benzene rings is 2. The number of hydrogen-bond donors (Lipinski definition) is 11. The molecule has 1 aromatic heterocycles. The number of aliphatic hydroxyl groups excluding tert-OH is 8. The third-order valence-electron chi connectivity index (χ3n) is 7.35. The lowest BCUT2D eigenvalue weighted by Crippen LogP contribution is -2.60. The van der Waals surface area contributed by atoms with E-state index in [1.807, 2.05) is 0 Å². The molecule has 10 atom stereocenters. The molecule has 3 aromatic rings. The van der Waals surface area contributed by atoms with Crippen molar-refractivity contribution < 1.29 is 79.5 Å². The molecule has 0 spiro atoms. The number of rotatable bonds is 7. The molecule has 2 aliphatic heterocycles. The third-order valence-corrected chi connectivity index (χ3v) is 7.35. The van der Waals surface area contributed by atoms with Gasteiger partial charge in [-0.05, 0) is 24.3 Å². The van der Waals surface area contributed by atoms with Crippen molar-refractivity contribution in [2.45, 2.75) is 61.4 Å². The van der Waals surface area contributed by atoms with Crippen LogP contribution in [0.4, 0.5) is 0 Å². The van der Waals surface area contributed by atoms with Crippen LogP contribution in [0.3, 0.4) is 0 Å². The number of hydrogen-bond acceptors (Lipinski definition) is 17. The predicted molar refractivity (Wildman–Crippen MR) is 142 cm³/mol. The topological polar surface area (TPSA) is 290 Å². The van der Waals surface area contributed by atoms with Crippen molar-refractivity contribution in [3.63, 3.8) is 0 Å². The fourth-order valence-electron chi connectivity index (χ4n) is 4.86. The van der Waals surface area contributed by atoms with Gasteiger partial charge in [-0.15, -0.1) is 0 Å². The lowest BCUT2D eigenvalue weighted by atomic mass is 9.99. The summed E-state index contributed by atoms with van der Waals surface area (Å²) in [5.74, 6) is -4.28. The number of aromatic hydroxyl groups is 3. The van der Waals surface area contributed by atoms with Crippen LogP contribution in [0.2, 0.25) is 0 Å². The molecule has 2 aliphatic rings. The molecular weight excluding hydrogens is 596 g/mol. The molecule has 0 radical (unpaired) electrons. The van der Waals surface area contributed by atoms with Gasteiger partial charge >= 0.3 is 0 Å². The molecule has 11 N–H and O–H groups in total. The van der Waals surface area contributed by atoms with Crippen LogP contribution in [0.1, 0.15) is 0 Å². The molecule has 2 aromatic carbocycles. The van der Waals surface area contributed by atoms with E-state index >= 15 is 0 Å². The minimum atomic E-state index is -2.01. The molecule has 17 nitrogen and oxygen atoms in total. The van der Waals surface area contributed by atoms with Gasteiger partial charge in [-0.1, -0.05) is 0 Å². The van der Waals surface area contributed by atoms with Crippen molar-refractivity contribution in [2.24, 2.45) is 0 Å². The first kappa shape index (κ1) is 31.7. The molecule has 3 heterocycles. The van der Waals surface area contributed by atoms with Gasteiger partial charge in [0.05, 0.1) is 13.2 Å². The fourth-order valence-corrected chi connectivity index (χ4v) is 4.86. The highest BCUT2D eigenvalue weighted by Crippen LogP contribution is 2.51. The summed E-state index contributed by atoms with van der Waals surface area (Å²) < 4.78 is 27.5. The largest absolute Gasteiger partial charge is 0.508 e. The molecule has 2 saturated heterocycles. The van der Waals surface area contributed by atoms with Gasteiger partial charge in [0, 0.05) is 11.6 Å². The maximum absolute atomic E-state index is 13.3. The van der Waals surface area contributed by atoms with Crippen LogP contribution in [-0.4, -0.2) is 131 Å². The van der Waals surface area contributed by atoms with Crippen molar-refractivity contribution in [1.29, 1.82) is 0 Å². The Morgan fingerprint density at radius 1 is 0.659 bits per heavy atom. The zero-order valence-corrected chi connectivity index (χ0v) is 22.4. The van der Waals surface area contributed by atoms with Crippen molar-refractivity contribution in [2.75, 3.05) is 13.2 Å². The van der Waals surface area contributed by atoms with Gasteiger partial charge in [0.15, 0.2) is 16.8 Å². The predicted octanol–water partition coefficient (Wildman–Crippen LogP) is -3.07. The van der Waals surface area contributed by atoms with E-state index in [4.69, 9.17) is 23.4 Å². The van der Waals surface area contributed by atoms with Crippen molar-refractivity contribution in [3.05, 3.63) is 40.6 Å². The highest BCUT2D eigenvalue weighted by Gasteiger charge is 2.47. The standard InChI is InChI=1S/C27H30O17/c28-6-12-15(32)18(35)20(37)26(41-12)43-24-17(34)14-10(31)5-11(8-1-3-9(30)4-2-8)40-23(14)25(22(24)39)44-27-21(38)19(36)16(33)13(7-29)42-27/h1-5,12-13,15-16,18-21,26-30,32-39H,6-7H2/t12-,13-,15+,16-,18+,19+,20+,21-,26+,27+/m1/s1. The van der Waals surface area contributed by atoms with Crippen LogP contribution in [0.25, 0.3) is 22.3 Å². The molecule has 2 fully saturated rings. The highest BCUT2D eigenvalue weighted by atomic mass is 16.7. The molecule has 17 heteroatoms. The molecule has 0 saturated carbocycles. The second-order valence-corrected chi connectivity index (χ2v) is 10.2. The normalized spacial score (nSPS) is 32.5. The highest BCUT2D eigenvalue weighted by molar-refractivity contribution is 5.95. The van der Waals surface area contributed by atoms with E-state index in [0.29, 0.717) is 0 Å². The van der Waals surface area contributed by atoms with Gasteiger partial charge < -0.3 is 79.5 Å². The first-order chi connectivity index (χ1) is 20.9. The molecule has 5 rings (SSSR count). The van der Waals surface area contributed by atoms with E-state index in [1.54, 1.807) is 0 Å². The number of phenolic OH excluding ortho intramolecular Hbond substituents is 3. The van der Waals surface area contributed by atoms with Crippen LogP contribution in [0.5, 0.6) is 28.7 Å². The van der Waals surface area contributed by atoms with E-state index in [0.717, 1.165) is 6.07 Å². The fraction of sp³-hybridized carbons (Fsp3) is 0.444. The van der Waals surface area contributed by atoms with Crippen LogP contribution in [0, 0.1) is 0 Å². The minimum absolute atomic E-state index is 0.103. The zero-order chi connectivity index (χ0) is 32.0. The Bertz CT molecular complexity index is 1540. The van der Waals surface area contributed by atoms with E-state index < -0.39 is 114 Å². The zero-order valence-electron chi connectivity index (χ0n) is 22.4. The third kappa shape index (κ3) is 5.50. The van der Waals surface area contributed by atoms with E-state index in [1.165, 1.54) is 24.3 Å². The first-order valence-electron chi connectivity index (χ1n) is 13.2.